The van der Waals surface area contributed by atoms with E-state index in [4.69, 9.17) is 18.6 Å². The molecule has 0 bridgehead atoms. The largest absolute Gasteiger partial charge is 0.497 e. The highest BCUT2D eigenvalue weighted by atomic mass is 79.9. The van der Waals surface area contributed by atoms with Gasteiger partial charge in [0.1, 0.15) is 23.7 Å². The quantitative estimate of drug-likeness (QED) is 0.434. The molecule has 0 unspecified atom stereocenters. The van der Waals surface area contributed by atoms with Gasteiger partial charge in [0, 0.05) is 33.1 Å². The number of hydrogen-bond donors (Lipinski definition) is 0. The Balaban J connectivity index is 1.75. The highest BCUT2D eigenvalue weighted by Crippen LogP contribution is 2.26. The molecule has 140 valence electrons. The number of benzene rings is 2. The maximum Gasteiger partial charge on any atom is 0.336 e. The van der Waals surface area contributed by atoms with E-state index in [1.54, 1.807) is 37.4 Å². The van der Waals surface area contributed by atoms with Crippen molar-refractivity contribution in [1.29, 1.82) is 0 Å². The molecule has 0 aliphatic carbocycles. The van der Waals surface area contributed by atoms with Gasteiger partial charge in [0.05, 0.1) is 20.6 Å². The fourth-order valence-electron chi connectivity index (χ4n) is 2.69. The second-order valence-corrected chi connectivity index (χ2v) is 6.66. The number of ether oxygens (including phenoxy) is 3. The molecule has 2 aromatic carbocycles. The molecule has 0 aliphatic rings. The number of halogens is 1. The minimum Gasteiger partial charge on any atom is -0.497 e. The molecule has 0 spiro atoms. The second-order valence-electron chi connectivity index (χ2n) is 5.75. The maximum atomic E-state index is 12.3. The molecule has 0 N–H and O–H groups in total. The highest BCUT2D eigenvalue weighted by Gasteiger charge is 2.13. The van der Waals surface area contributed by atoms with Crippen molar-refractivity contribution in [2.45, 2.75) is 13.0 Å². The van der Waals surface area contributed by atoms with E-state index >= 15 is 0 Å². The minimum absolute atomic E-state index is 0.0268. The molecule has 0 fully saturated rings. The summed E-state index contributed by atoms with van der Waals surface area (Å²) in [5.41, 5.74) is 1.21. The molecular weight excluding hydrogens is 416 g/mol. The minimum atomic E-state index is -0.497. The van der Waals surface area contributed by atoms with Gasteiger partial charge in [-0.3, -0.25) is 4.79 Å². The van der Waals surface area contributed by atoms with Gasteiger partial charge in [-0.15, -0.1) is 0 Å². The predicted octanol–water partition coefficient (Wildman–Crippen LogP) is 3.86. The van der Waals surface area contributed by atoms with Crippen molar-refractivity contribution in [3.05, 3.63) is 68.5 Å². The van der Waals surface area contributed by atoms with Crippen LogP contribution in [0.15, 0.2) is 56.1 Å². The van der Waals surface area contributed by atoms with Crippen LogP contribution >= 0.6 is 15.9 Å². The molecule has 0 radical (unpaired) electrons. The summed E-state index contributed by atoms with van der Waals surface area (Å²) >= 11 is 3.34. The van der Waals surface area contributed by atoms with Crippen molar-refractivity contribution in [3.8, 4) is 11.5 Å². The topological polar surface area (TPSA) is 75.0 Å². The van der Waals surface area contributed by atoms with Crippen LogP contribution in [0.2, 0.25) is 0 Å². The van der Waals surface area contributed by atoms with E-state index in [0.29, 0.717) is 33.6 Å². The zero-order chi connectivity index (χ0) is 19.4. The first-order valence-corrected chi connectivity index (χ1v) is 8.88. The summed E-state index contributed by atoms with van der Waals surface area (Å²) in [6.45, 7) is -0.0268. The molecular formula is C20H17BrO6. The van der Waals surface area contributed by atoms with Crippen molar-refractivity contribution in [2.24, 2.45) is 0 Å². The lowest BCUT2D eigenvalue weighted by atomic mass is 10.1. The van der Waals surface area contributed by atoms with Crippen LogP contribution in [0.4, 0.5) is 0 Å². The van der Waals surface area contributed by atoms with Gasteiger partial charge in [-0.05, 0) is 24.3 Å². The first-order chi connectivity index (χ1) is 13.0. The van der Waals surface area contributed by atoms with E-state index in [2.05, 4.69) is 15.9 Å². The standard InChI is InChI=1S/C20H17BrO6/c1-24-15-5-3-12(17(10-15)25-2)7-19(22)26-11-13-8-20(23)27-18-9-14(21)4-6-16(13)18/h3-6,8-10H,7,11H2,1-2H3. The summed E-state index contributed by atoms with van der Waals surface area (Å²) in [7, 11) is 3.08. The number of hydrogen-bond acceptors (Lipinski definition) is 6. The number of fused-ring (bicyclic) bond motifs is 1. The lowest BCUT2D eigenvalue weighted by molar-refractivity contribution is -0.144. The van der Waals surface area contributed by atoms with E-state index in [1.165, 1.54) is 13.2 Å². The first-order valence-electron chi connectivity index (χ1n) is 8.09. The molecule has 1 aromatic heterocycles. The van der Waals surface area contributed by atoms with Crippen LogP contribution in [-0.2, 0) is 22.6 Å². The zero-order valence-corrected chi connectivity index (χ0v) is 16.4. The summed E-state index contributed by atoms with van der Waals surface area (Å²) in [6.07, 6.45) is 0.0398. The van der Waals surface area contributed by atoms with Gasteiger partial charge in [0.15, 0.2) is 0 Å². The van der Waals surface area contributed by atoms with Gasteiger partial charge >= 0.3 is 11.6 Å². The van der Waals surface area contributed by atoms with Crippen molar-refractivity contribution >= 4 is 32.9 Å². The van der Waals surface area contributed by atoms with Crippen molar-refractivity contribution < 1.29 is 23.4 Å². The zero-order valence-electron chi connectivity index (χ0n) is 14.8. The average Bonchev–Trinajstić information content (AvgIpc) is 2.65. The predicted molar refractivity (Wildman–Crippen MR) is 103 cm³/mol. The molecule has 27 heavy (non-hydrogen) atoms. The van der Waals surface area contributed by atoms with Gasteiger partial charge in [-0.2, -0.15) is 0 Å². The van der Waals surface area contributed by atoms with Crippen LogP contribution in [0, 0.1) is 0 Å². The molecule has 6 nitrogen and oxygen atoms in total. The molecule has 0 saturated carbocycles. The van der Waals surface area contributed by atoms with E-state index in [0.717, 1.165) is 4.47 Å². The second kappa shape index (κ2) is 8.26. The van der Waals surface area contributed by atoms with E-state index in [-0.39, 0.29) is 13.0 Å². The summed E-state index contributed by atoms with van der Waals surface area (Å²) in [4.78, 5) is 24.0. The Morgan fingerprint density at radius 3 is 2.59 bits per heavy atom. The van der Waals surface area contributed by atoms with Crippen LogP contribution in [0.1, 0.15) is 11.1 Å². The van der Waals surface area contributed by atoms with Gasteiger partial charge < -0.3 is 18.6 Å². The van der Waals surface area contributed by atoms with Gasteiger partial charge in [0.25, 0.3) is 0 Å². The first kappa shape index (κ1) is 19.0. The van der Waals surface area contributed by atoms with Crippen molar-refractivity contribution in [2.75, 3.05) is 14.2 Å². The fraction of sp³-hybridized carbons (Fsp3) is 0.200. The lowest BCUT2D eigenvalue weighted by Crippen LogP contribution is -2.10. The normalized spacial score (nSPS) is 10.6. The molecule has 3 aromatic rings. The maximum absolute atomic E-state index is 12.3. The Kier molecular flexibility index (Phi) is 5.81. The molecule has 0 saturated heterocycles. The van der Waals surface area contributed by atoms with Crippen LogP contribution in [-0.4, -0.2) is 20.2 Å². The van der Waals surface area contributed by atoms with Gasteiger partial charge in [-0.25, -0.2) is 4.79 Å². The van der Waals surface area contributed by atoms with Crippen molar-refractivity contribution in [1.82, 2.24) is 0 Å². The summed E-state index contributed by atoms with van der Waals surface area (Å²) in [5.74, 6) is 0.747. The Hall–Kier alpha value is -2.80. The Morgan fingerprint density at radius 2 is 1.85 bits per heavy atom. The Morgan fingerprint density at radius 1 is 1.04 bits per heavy atom. The van der Waals surface area contributed by atoms with E-state index in [9.17, 15) is 9.59 Å². The number of carbonyl (C=O) groups is 1. The number of rotatable bonds is 6. The van der Waals surface area contributed by atoms with E-state index in [1.807, 2.05) is 6.07 Å². The summed E-state index contributed by atoms with van der Waals surface area (Å²) in [5, 5.41) is 0.715. The van der Waals surface area contributed by atoms with Crippen LogP contribution in [0.5, 0.6) is 11.5 Å². The van der Waals surface area contributed by atoms with E-state index < -0.39 is 11.6 Å². The molecule has 3 rings (SSSR count). The van der Waals surface area contributed by atoms with Gasteiger partial charge in [0.2, 0.25) is 0 Å². The molecule has 0 atom stereocenters. The third-order valence-electron chi connectivity index (χ3n) is 4.01. The third kappa shape index (κ3) is 4.49. The number of esters is 1. The third-order valence-corrected chi connectivity index (χ3v) is 4.50. The number of methoxy groups -OCH3 is 2. The monoisotopic (exact) mass is 432 g/mol. The molecule has 7 heteroatoms. The summed E-state index contributed by atoms with van der Waals surface area (Å²) < 4.78 is 21.8. The lowest BCUT2D eigenvalue weighted by Gasteiger charge is -2.11. The van der Waals surface area contributed by atoms with Gasteiger partial charge in [-0.1, -0.05) is 22.0 Å². The summed E-state index contributed by atoms with van der Waals surface area (Å²) in [6, 6.07) is 11.9. The SMILES string of the molecule is COc1ccc(CC(=O)OCc2cc(=O)oc3cc(Br)ccc23)c(OC)c1. The van der Waals surface area contributed by atoms with Crippen LogP contribution in [0.25, 0.3) is 11.0 Å². The molecule has 1 heterocycles. The fourth-order valence-corrected chi connectivity index (χ4v) is 3.03. The Bertz CT molecular complexity index is 1040. The number of carbonyl (C=O) groups excluding carboxylic acids is 1. The molecule has 0 amide bonds. The Labute approximate surface area is 163 Å². The highest BCUT2D eigenvalue weighted by molar-refractivity contribution is 9.10. The van der Waals surface area contributed by atoms with Crippen LogP contribution < -0.4 is 15.1 Å². The van der Waals surface area contributed by atoms with Crippen molar-refractivity contribution in [3.63, 3.8) is 0 Å². The average molecular weight is 433 g/mol. The molecule has 0 aliphatic heterocycles. The van der Waals surface area contributed by atoms with Crippen LogP contribution in [0.3, 0.4) is 0 Å². The smallest absolute Gasteiger partial charge is 0.336 e.